The molecule has 0 spiro atoms. The van der Waals surface area contributed by atoms with E-state index in [1.54, 1.807) is 24.3 Å². The van der Waals surface area contributed by atoms with Crippen molar-refractivity contribution in [3.05, 3.63) is 93.3 Å². The predicted molar refractivity (Wildman–Crippen MR) is 110 cm³/mol. The molecular weight excluding hydrogens is 370 g/mol. The summed E-state index contributed by atoms with van der Waals surface area (Å²) in [6, 6.07) is 16.2. The van der Waals surface area contributed by atoms with Crippen molar-refractivity contribution >= 4 is 5.91 Å². The Kier molecular flexibility index (Phi) is 6.29. The molecule has 0 aliphatic rings. The van der Waals surface area contributed by atoms with Gasteiger partial charge < -0.3 is 10.1 Å². The third-order valence-corrected chi connectivity index (χ3v) is 4.48. The van der Waals surface area contributed by atoms with Crippen LogP contribution in [0.4, 0.5) is 0 Å². The lowest BCUT2D eigenvalue weighted by molar-refractivity contribution is -0.122. The van der Waals surface area contributed by atoms with Gasteiger partial charge in [0.25, 0.3) is 0 Å². The second kappa shape index (κ2) is 9.05. The summed E-state index contributed by atoms with van der Waals surface area (Å²) >= 11 is 0. The first-order valence-corrected chi connectivity index (χ1v) is 9.39. The van der Waals surface area contributed by atoms with Gasteiger partial charge >= 0.3 is 11.1 Å². The lowest BCUT2D eigenvalue weighted by atomic mass is 10.1. The van der Waals surface area contributed by atoms with E-state index in [4.69, 9.17) is 4.74 Å². The number of aromatic nitrogens is 2. The van der Waals surface area contributed by atoms with E-state index in [1.807, 2.05) is 44.2 Å². The van der Waals surface area contributed by atoms with Crippen molar-refractivity contribution in [2.75, 3.05) is 6.61 Å². The third-order valence-electron chi connectivity index (χ3n) is 4.48. The Morgan fingerprint density at radius 1 is 1.00 bits per heavy atom. The van der Waals surface area contributed by atoms with Crippen LogP contribution in [0.1, 0.15) is 25.5 Å². The number of benzene rings is 2. The lowest BCUT2D eigenvalue weighted by Gasteiger charge is -2.15. The van der Waals surface area contributed by atoms with Crippen LogP contribution in [0.3, 0.4) is 0 Å². The zero-order valence-electron chi connectivity index (χ0n) is 16.4. The first kappa shape index (κ1) is 20.1. The molecule has 1 aromatic heterocycles. The molecule has 1 amide bonds. The van der Waals surface area contributed by atoms with Crippen molar-refractivity contribution < 1.29 is 9.53 Å². The molecule has 1 N–H and O–H groups in total. The van der Waals surface area contributed by atoms with Crippen LogP contribution in [-0.2, 0) is 11.3 Å². The van der Waals surface area contributed by atoms with Crippen molar-refractivity contribution in [1.29, 1.82) is 0 Å². The molecule has 29 heavy (non-hydrogen) atoms. The maximum absolute atomic E-state index is 12.5. The summed E-state index contributed by atoms with van der Waals surface area (Å²) in [5.74, 6) is 0.337. The molecule has 1 atom stereocenters. The summed E-state index contributed by atoms with van der Waals surface area (Å²) in [5.41, 5.74) is 0.0217. The number of nitrogens with zero attached hydrogens (tertiary/aromatic N) is 2. The molecule has 0 fully saturated rings. The number of carbonyl (C=O) groups excluding carboxylic acids is 1. The van der Waals surface area contributed by atoms with E-state index in [0.29, 0.717) is 18.0 Å². The van der Waals surface area contributed by atoms with E-state index in [2.05, 4.69) is 5.32 Å². The highest BCUT2D eigenvalue weighted by atomic mass is 16.5. The first-order valence-electron chi connectivity index (χ1n) is 9.39. The molecule has 2 aromatic carbocycles. The van der Waals surface area contributed by atoms with Gasteiger partial charge in [0.05, 0.1) is 12.6 Å². The number of hydrogen-bond donors (Lipinski definition) is 1. The molecule has 7 nitrogen and oxygen atoms in total. The molecule has 0 bridgehead atoms. The maximum atomic E-state index is 12.5. The highest BCUT2D eigenvalue weighted by Crippen LogP contribution is 2.14. The fraction of sp³-hybridized carbons (Fsp3) is 0.227. The van der Waals surface area contributed by atoms with Gasteiger partial charge in [0.15, 0.2) is 0 Å². The lowest BCUT2D eigenvalue weighted by Crippen LogP contribution is -2.42. The van der Waals surface area contributed by atoms with E-state index in [-0.39, 0.29) is 18.5 Å². The van der Waals surface area contributed by atoms with Gasteiger partial charge in [0.1, 0.15) is 12.3 Å². The SMILES string of the molecule is CCOc1ccc(-n2ccn(CC(=O)N[C@H](C)c3ccccc3)c(=O)c2=O)cc1. The highest BCUT2D eigenvalue weighted by Gasteiger charge is 2.13. The van der Waals surface area contributed by atoms with Crippen LogP contribution in [0.2, 0.25) is 0 Å². The van der Waals surface area contributed by atoms with Crippen LogP contribution >= 0.6 is 0 Å². The summed E-state index contributed by atoms with van der Waals surface area (Å²) in [6.07, 6.45) is 2.92. The van der Waals surface area contributed by atoms with E-state index in [1.165, 1.54) is 17.0 Å². The number of rotatable bonds is 7. The summed E-state index contributed by atoms with van der Waals surface area (Å²) in [6.45, 7) is 4.06. The Morgan fingerprint density at radius 2 is 1.69 bits per heavy atom. The van der Waals surface area contributed by atoms with E-state index in [9.17, 15) is 14.4 Å². The topological polar surface area (TPSA) is 82.3 Å². The van der Waals surface area contributed by atoms with Crippen LogP contribution in [0, 0.1) is 0 Å². The highest BCUT2D eigenvalue weighted by molar-refractivity contribution is 5.76. The van der Waals surface area contributed by atoms with Gasteiger partial charge in [0, 0.05) is 18.1 Å². The van der Waals surface area contributed by atoms with E-state index >= 15 is 0 Å². The molecule has 3 rings (SSSR count). The van der Waals surface area contributed by atoms with Gasteiger partial charge in [-0.05, 0) is 43.7 Å². The Bertz CT molecular complexity index is 1090. The standard InChI is InChI=1S/C22H23N3O4/c1-3-29-19-11-9-18(10-12-19)25-14-13-24(21(27)22(25)28)15-20(26)23-16(2)17-7-5-4-6-8-17/h4-14,16H,3,15H2,1-2H3,(H,23,26)/t16-/m1/s1. The minimum atomic E-state index is -0.760. The molecule has 0 unspecified atom stereocenters. The monoisotopic (exact) mass is 393 g/mol. The number of nitrogens with one attached hydrogen (secondary N) is 1. The second-order valence-electron chi connectivity index (χ2n) is 6.53. The average molecular weight is 393 g/mol. The van der Waals surface area contributed by atoms with E-state index < -0.39 is 11.1 Å². The summed E-state index contributed by atoms with van der Waals surface area (Å²) in [4.78, 5) is 37.3. The van der Waals surface area contributed by atoms with Gasteiger partial charge in [0.2, 0.25) is 5.91 Å². The minimum absolute atomic E-state index is 0.205. The Hall–Kier alpha value is -3.61. The largest absolute Gasteiger partial charge is 0.494 e. The molecule has 0 aliphatic heterocycles. The van der Waals surface area contributed by atoms with E-state index in [0.717, 1.165) is 10.1 Å². The molecule has 3 aromatic rings. The van der Waals surface area contributed by atoms with Gasteiger partial charge in [-0.2, -0.15) is 0 Å². The smallest absolute Gasteiger partial charge is 0.320 e. The molecule has 1 heterocycles. The summed E-state index contributed by atoms with van der Waals surface area (Å²) in [7, 11) is 0. The van der Waals surface area contributed by atoms with Crippen LogP contribution in [0.25, 0.3) is 5.69 Å². The normalized spacial score (nSPS) is 11.7. The van der Waals surface area contributed by atoms with Gasteiger partial charge in [-0.15, -0.1) is 0 Å². The summed E-state index contributed by atoms with van der Waals surface area (Å²) in [5, 5.41) is 2.83. The van der Waals surface area contributed by atoms with Gasteiger partial charge in [-0.3, -0.25) is 23.5 Å². The van der Waals surface area contributed by atoms with Crippen LogP contribution < -0.4 is 21.2 Å². The zero-order valence-corrected chi connectivity index (χ0v) is 16.4. The molecular formula is C22H23N3O4. The van der Waals surface area contributed by atoms with Crippen molar-refractivity contribution in [3.8, 4) is 11.4 Å². The Labute approximate surface area is 168 Å². The number of carbonyl (C=O) groups is 1. The van der Waals surface area contributed by atoms with Crippen LogP contribution in [-0.4, -0.2) is 21.6 Å². The van der Waals surface area contributed by atoms with Gasteiger partial charge in [-0.25, -0.2) is 0 Å². The molecule has 150 valence electrons. The summed E-state index contributed by atoms with van der Waals surface area (Å²) < 4.78 is 7.74. The Morgan fingerprint density at radius 3 is 2.34 bits per heavy atom. The fourth-order valence-electron chi connectivity index (χ4n) is 2.97. The van der Waals surface area contributed by atoms with Crippen molar-refractivity contribution in [2.24, 2.45) is 0 Å². The number of hydrogen-bond acceptors (Lipinski definition) is 4. The van der Waals surface area contributed by atoms with Crippen molar-refractivity contribution in [1.82, 2.24) is 14.5 Å². The van der Waals surface area contributed by atoms with Crippen molar-refractivity contribution in [3.63, 3.8) is 0 Å². The molecule has 7 heteroatoms. The number of amides is 1. The maximum Gasteiger partial charge on any atom is 0.320 e. The first-order chi connectivity index (χ1) is 14.0. The van der Waals surface area contributed by atoms with Crippen molar-refractivity contribution in [2.45, 2.75) is 26.4 Å². The minimum Gasteiger partial charge on any atom is -0.494 e. The van der Waals surface area contributed by atoms with Crippen LogP contribution in [0.15, 0.2) is 76.6 Å². The average Bonchev–Trinajstić information content (AvgIpc) is 2.73. The molecule has 0 saturated heterocycles. The third kappa shape index (κ3) is 4.82. The van der Waals surface area contributed by atoms with Crippen LogP contribution in [0.5, 0.6) is 5.75 Å². The fourth-order valence-corrected chi connectivity index (χ4v) is 2.97. The predicted octanol–water partition coefficient (Wildman–Crippen LogP) is 2.28. The van der Waals surface area contributed by atoms with Gasteiger partial charge in [-0.1, -0.05) is 30.3 Å². The molecule has 0 saturated carbocycles. The Balaban J connectivity index is 1.74. The second-order valence-corrected chi connectivity index (χ2v) is 6.53. The molecule has 0 aliphatic carbocycles. The quantitative estimate of drug-likeness (QED) is 0.625. The molecule has 0 radical (unpaired) electrons. The zero-order chi connectivity index (χ0) is 20.8. The number of ether oxygens (including phenoxy) is 1.